The average Bonchev–Trinajstić information content (AvgIpc) is 3.20. The number of hydroxylamine groups is 2. The summed E-state index contributed by atoms with van der Waals surface area (Å²) in [7, 11) is 0. The molecule has 2 rings (SSSR count). The summed E-state index contributed by atoms with van der Waals surface area (Å²) in [6.07, 6.45) is 4.21. The Balaban J connectivity index is 1.97. The second-order valence-electron chi connectivity index (χ2n) is 9.90. The van der Waals surface area contributed by atoms with Crippen LogP contribution in [0.5, 0.6) is 5.75 Å². The third kappa shape index (κ3) is 9.41. The van der Waals surface area contributed by atoms with E-state index < -0.39 is 6.16 Å². The largest absolute Gasteiger partial charge is 0.534 e. The summed E-state index contributed by atoms with van der Waals surface area (Å²) in [6, 6.07) is 3.49. The molecule has 1 fully saturated rings. The number of hydrogen-bond acceptors (Lipinski definition) is 9. The fraction of sp³-hybridized carbons (Fsp3) is 0.607. The topological polar surface area (TPSA) is 143 Å². The van der Waals surface area contributed by atoms with Gasteiger partial charge >= 0.3 is 12.1 Å². The first-order valence-electron chi connectivity index (χ1n) is 13.1. The molecule has 212 valence electrons. The van der Waals surface area contributed by atoms with E-state index in [4.69, 9.17) is 14.3 Å². The van der Waals surface area contributed by atoms with Gasteiger partial charge in [0.2, 0.25) is 0 Å². The zero-order valence-electron chi connectivity index (χ0n) is 22.5. The second-order valence-corrected chi connectivity index (χ2v) is 9.90. The first-order chi connectivity index (χ1) is 18.1. The molecule has 0 aromatic heterocycles. The normalized spacial score (nSPS) is 13.7. The van der Waals surface area contributed by atoms with Crippen molar-refractivity contribution >= 4 is 18.0 Å². The van der Waals surface area contributed by atoms with Crippen molar-refractivity contribution in [2.24, 2.45) is 5.41 Å². The van der Waals surface area contributed by atoms with Crippen LogP contribution >= 0.6 is 0 Å². The van der Waals surface area contributed by atoms with E-state index in [2.05, 4.69) is 6.58 Å². The van der Waals surface area contributed by atoms with Crippen molar-refractivity contribution in [1.82, 2.24) is 5.06 Å². The smallest absolute Gasteiger partial charge is 0.428 e. The Kier molecular flexibility index (Phi) is 12.7. The number of hydrogen-bond donors (Lipinski definition) is 3. The highest BCUT2D eigenvalue weighted by atomic mass is 16.8. The van der Waals surface area contributed by atoms with Gasteiger partial charge < -0.3 is 24.8 Å². The number of allylic oxidation sites excluding steroid dienone is 1. The van der Waals surface area contributed by atoms with Crippen LogP contribution in [0.15, 0.2) is 24.4 Å². The SMILES string of the molecule is C=C1CCC(=O)N1OC(=O)OCc1cc(C)c(OC(=O)CCC(CCCO)(CCCO)CCCO)c(C)c1. The predicted octanol–water partition coefficient (Wildman–Crippen LogP) is 4.00. The number of rotatable bonds is 16. The van der Waals surface area contributed by atoms with Crippen molar-refractivity contribution in [3.8, 4) is 5.75 Å². The van der Waals surface area contributed by atoms with Crippen LogP contribution in [-0.4, -0.2) is 58.2 Å². The number of benzene rings is 1. The third-order valence-electron chi connectivity index (χ3n) is 6.85. The monoisotopic (exact) mass is 535 g/mol. The molecule has 1 amide bonds. The van der Waals surface area contributed by atoms with E-state index in [1.54, 1.807) is 26.0 Å². The number of esters is 1. The van der Waals surface area contributed by atoms with E-state index in [1.165, 1.54) is 0 Å². The maximum atomic E-state index is 12.8. The number of carbonyl (C=O) groups is 3. The van der Waals surface area contributed by atoms with Crippen LogP contribution in [0, 0.1) is 19.3 Å². The number of amides is 1. The Labute approximate surface area is 224 Å². The summed E-state index contributed by atoms with van der Waals surface area (Å²) in [4.78, 5) is 41.5. The molecule has 1 aromatic rings. The van der Waals surface area contributed by atoms with Crippen molar-refractivity contribution in [3.05, 3.63) is 41.1 Å². The van der Waals surface area contributed by atoms with Crippen molar-refractivity contribution in [2.45, 2.75) is 84.7 Å². The van der Waals surface area contributed by atoms with Gasteiger partial charge in [-0.3, -0.25) is 14.4 Å². The number of aryl methyl sites for hydroxylation is 2. The highest BCUT2D eigenvalue weighted by molar-refractivity contribution is 5.81. The first kappa shape index (κ1) is 31.3. The first-order valence-corrected chi connectivity index (χ1v) is 13.1. The quantitative estimate of drug-likeness (QED) is 0.211. The van der Waals surface area contributed by atoms with Crippen LogP contribution in [0.1, 0.15) is 80.9 Å². The van der Waals surface area contributed by atoms with Crippen LogP contribution in [0.4, 0.5) is 4.79 Å². The minimum absolute atomic E-state index is 0.0439. The Hall–Kier alpha value is -2.95. The number of ether oxygens (including phenoxy) is 2. The zero-order chi connectivity index (χ0) is 28.1. The van der Waals surface area contributed by atoms with Crippen molar-refractivity contribution in [2.75, 3.05) is 19.8 Å². The maximum absolute atomic E-state index is 12.8. The zero-order valence-corrected chi connectivity index (χ0v) is 22.5. The molecule has 1 aliphatic rings. The average molecular weight is 536 g/mol. The minimum Gasteiger partial charge on any atom is -0.428 e. The van der Waals surface area contributed by atoms with Crippen molar-refractivity contribution in [3.63, 3.8) is 0 Å². The van der Waals surface area contributed by atoms with Gasteiger partial charge in [-0.2, -0.15) is 0 Å². The van der Waals surface area contributed by atoms with Gasteiger partial charge in [0.25, 0.3) is 5.91 Å². The standard InChI is InChI=1S/C28H41NO9/c1-20-17-23(19-36-27(35)38-29-22(3)7-8-24(29)33)18-21(2)26(20)37-25(34)9-13-28(10-4-14-30,11-5-15-31)12-6-16-32/h17-18,30-32H,3-16,19H2,1-2H3. The number of aliphatic hydroxyl groups is 3. The van der Waals surface area contributed by atoms with E-state index in [1.807, 2.05) is 0 Å². The molecule has 3 N–H and O–H groups in total. The maximum Gasteiger partial charge on any atom is 0.534 e. The minimum atomic E-state index is -1.01. The fourth-order valence-electron chi connectivity index (χ4n) is 4.92. The Bertz CT molecular complexity index is 914. The van der Waals surface area contributed by atoms with Crippen molar-refractivity contribution in [1.29, 1.82) is 0 Å². The molecule has 0 atom stereocenters. The highest BCUT2D eigenvalue weighted by Gasteiger charge is 2.30. The molecular formula is C28H41NO9. The second kappa shape index (κ2) is 15.5. The van der Waals surface area contributed by atoms with Gasteiger partial charge in [-0.05, 0) is 99.5 Å². The van der Waals surface area contributed by atoms with E-state index in [-0.39, 0.29) is 56.6 Å². The Morgan fingerprint density at radius 1 is 0.947 bits per heavy atom. The molecule has 1 aliphatic heterocycles. The molecule has 38 heavy (non-hydrogen) atoms. The highest BCUT2D eigenvalue weighted by Crippen LogP contribution is 2.40. The van der Waals surface area contributed by atoms with Gasteiger partial charge in [-0.1, -0.05) is 6.58 Å². The molecule has 1 saturated heterocycles. The molecule has 0 bridgehead atoms. The lowest BCUT2D eigenvalue weighted by atomic mass is 9.72. The molecular weight excluding hydrogens is 494 g/mol. The van der Waals surface area contributed by atoms with Gasteiger partial charge in [0.1, 0.15) is 12.4 Å². The summed E-state index contributed by atoms with van der Waals surface area (Å²) in [5.74, 6) is -0.301. The lowest BCUT2D eigenvalue weighted by molar-refractivity contribution is -0.158. The van der Waals surface area contributed by atoms with E-state index >= 15 is 0 Å². The number of carbonyl (C=O) groups excluding carboxylic acids is 3. The van der Waals surface area contributed by atoms with Gasteiger partial charge in [0.15, 0.2) is 0 Å². The Morgan fingerprint density at radius 2 is 1.50 bits per heavy atom. The molecule has 1 heterocycles. The predicted molar refractivity (Wildman–Crippen MR) is 139 cm³/mol. The molecule has 0 saturated carbocycles. The van der Waals surface area contributed by atoms with Gasteiger partial charge in [0.05, 0.1) is 5.70 Å². The molecule has 0 unspecified atom stereocenters. The van der Waals surface area contributed by atoms with E-state index in [0.717, 1.165) is 5.06 Å². The lowest BCUT2D eigenvalue weighted by Gasteiger charge is -2.34. The van der Waals surface area contributed by atoms with Crippen LogP contribution in [-0.2, 0) is 25.8 Å². The van der Waals surface area contributed by atoms with Gasteiger partial charge in [-0.25, -0.2) is 4.79 Å². The number of nitrogens with zero attached hydrogens (tertiary/aromatic N) is 1. The lowest BCUT2D eigenvalue weighted by Crippen LogP contribution is -2.27. The summed E-state index contributed by atoms with van der Waals surface area (Å²) in [6.45, 7) is 7.30. The van der Waals surface area contributed by atoms with Crippen molar-refractivity contribution < 1.29 is 44.0 Å². The van der Waals surface area contributed by atoms with Crippen LogP contribution in [0.2, 0.25) is 0 Å². The Morgan fingerprint density at radius 3 is 1.97 bits per heavy atom. The molecule has 0 spiro atoms. The summed E-state index contributed by atoms with van der Waals surface area (Å²) in [5, 5.41) is 28.9. The summed E-state index contributed by atoms with van der Waals surface area (Å²) in [5.41, 5.74) is 2.19. The van der Waals surface area contributed by atoms with E-state index in [9.17, 15) is 29.7 Å². The fourth-order valence-corrected chi connectivity index (χ4v) is 4.92. The molecule has 0 radical (unpaired) electrons. The summed E-state index contributed by atoms with van der Waals surface area (Å²) < 4.78 is 10.8. The molecule has 10 heteroatoms. The van der Waals surface area contributed by atoms with Gasteiger partial charge in [0, 0.05) is 32.7 Å². The van der Waals surface area contributed by atoms with Crippen LogP contribution < -0.4 is 4.74 Å². The van der Waals surface area contributed by atoms with Gasteiger partial charge in [-0.15, -0.1) is 5.06 Å². The summed E-state index contributed by atoms with van der Waals surface area (Å²) >= 11 is 0. The molecule has 1 aromatic carbocycles. The molecule has 10 nitrogen and oxygen atoms in total. The molecule has 0 aliphatic carbocycles. The van der Waals surface area contributed by atoms with E-state index in [0.29, 0.717) is 79.5 Å². The van der Waals surface area contributed by atoms with Crippen LogP contribution in [0.3, 0.4) is 0 Å². The van der Waals surface area contributed by atoms with Crippen LogP contribution in [0.25, 0.3) is 0 Å². The number of aliphatic hydroxyl groups excluding tert-OH is 3. The third-order valence-corrected chi connectivity index (χ3v) is 6.85.